The molecule has 6 rings (SSSR count). The first-order chi connectivity index (χ1) is 20.4. The van der Waals surface area contributed by atoms with Crippen LogP contribution in [-0.4, -0.2) is 15.0 Å². The van der Waals surface area contributed by atoms with Gasteiger partial charge in [-0.1, -0.05) is 123 Å². The summed E-state index contributed by atoms with van der Waals surface area (Å²) in [5.74, 6) is 2.01. The molecule has 1 heterocycles. The quantitative estimate of drug-likeness (QED) is 0.215. The predicted octanol–water partition coefficient (Wildman–Crippen LogP) is 10.5. The van der Waals surface area contributed by atoms with E-state index in [0.29, 0.717) is 17.5 Å². The minimum atomic E-state index is 0.665. The zero-order chi connectivity index (χ0) is 29.6. The molecule has 0 radical (unpaired) electrons. The highest BCUT2D eigenvalue weighted by molar-refractivity contribution is 5.72. The van der Waals surface area contributed by atoms with Crippen LogP contribution in [-0.2, 0) is 0 Å². The second kappa shape index (κ2) is 12.7. The highest BCUT2D eigenvalue weighted by atomic mass is 15.0. The smallest absolute Gasteiger partial charge is 0.164 e. The lowest BCUT2D eigenvalue weighted by Gasteiger charge is -2.12. The van der Waals surface area contributed by atoms with E-state index in [1.165, 1.54) is 38.9 Å². The number of aryl methyl sites for hydroxylation is 3. The summed E-state index contributed by atoms with van der Waals surface area (Å²) < 4.78 is 0. The van der Waals surface area contributed by atoms with E-state index in [-0.39, 0.29) is 0 Å². The summed E-state index contributed by atoms with van der Waals surface area (Å²) in [6, 6.07) is 40.3. The minimum absolute atomic E-state index is 0.665. The molecular formula is C39H37N3. The maximum Gasteiger partial charge on any atom is 0.164 e. The highest BCUT2D eigenvalue weighted by Crippen LogP contribution is 2.30. The molecule has 3 heteroatoms. The normalized spacial score (nSPS) is 10.6. The molecule has 5 aromatic carbocycles. The van der Waals surface area contributed by atoms with Crippen LogP contribution >= 0.6 is 0 Å². The van der Waals surface area contributed by atoms with Crippen LogP contribution in [0.4, 0.5) is 0 Å². The van der Waals surface area contributed by atoms with Gasteiger partial charge in [0.1, 0.15) is 0 Å². The van der Waals surface area contributed by atoms with E-state index in [1.807, 2.05) is 19.9 Å². The van der Waals surface area contributed by atoms with Crippen molar-refractivity contribution in [2.45, 2.75) is 41.5 Å². The zero-order valence-corrected chi connectivity index (χ0v) is 25.3. The van der Waals surface area contributed by atoms with Gasteiger partial charge in [-0.2, -0.15) is 0 Å². The summed E-state index contributed by atoms with van der Waals surface area (Å²) in [5, 5.41) is 0. The summed E-state index contributed by atoms with van der Waals surface area (Å²) in [5.41, 5.74) is 12.6. The molecule has 0 amide bonds. The van der Waals surface area contributed by atoms with Crippen molar-refractivity contribution in [3.8, 4) is 56.4 Å². The highest BCUT2D eigenvalue weighted by Gasteiger charge is 2.14. The third-order valence-electron chi connectivity index (χ3n) is 7.60. The Hall–Kier alpha value is -4.89. The Labute approximate surface area is 250 Å². The summed E-state index contributed by atoms with van der Waals surface area (Å²) in [6.45, 7) is 12.5. The number of nitrogens with zero attached hydrogens (tertiary/aromatic N) is 3. The van der Waals surface area contributed by atoms with Crippen molar-refractivity contribution in [1.82, 2.24) is 15.0 Å². The number of rotatable bonds is 5. The molecule has 0 aliphatic carbocycles. The van der Waals surface area contributed by atoms with Crippen molar-refractivity contribution in [2.75, 3.05) is 0 Å². The number of hydrogen-bond acceptors (Lipinski definition) is 3. The summed E-state index contributed by atoms with van der Waals surface area (Å²) in [6.07, 6.45) is 0. The maximum atomic E-state index is 4.97. The van der Waals surface area contributed by atoms with Gasteiger partial charge in [0.25, 0.3) is 0 Å². The van der Waals surface area contributed by atoms with E-state index >= 15 is 0 Å². The Morgan fingerprint density at radius 3 is 1.12 bits per heavy atom. The van der Waals surface area contributed by atoms with E-state index in [9.17, 15) is 0 Å². The Morgan fingerprint density at radius 2 is 0.690 bits per heavy atom. The first-order valence-corrected chi connectivity index (χ1v) is 14.6. The molecule has 0 aliphatic rings. The lowest BCUT2D eigenvalue weighted by atomic mass is 10.00. The van der Waals surface area contributed by atoms with E-state index in [2.05, 4.69) is 137 Å². The first kappa shape index (κ1) is 28.6. The van der Waals surface area contributed by atoms with Gasteiger partial charge in [-0.05, 0) is 78.8 Å². The SMILES string of the molecule is CC.Cc1ccc(-c2ccc(-c3nc(-c4ccc(-c5ccccc5)cc4)nc(-c4cc(C)c(C)c(C)c4)n3)cc2)cc1. The van der Waals surface area contributed by atoms with Crippen LogP contribution in [0.2, 0.25) is 0 Å². The van der Waals surface area contributed by atoms with Crippen LogP contribution in [0.5, 0.6) is 0 Å². The van der Waals surface area contributed by atoms with Gasteiger partial charge in [0, 0.05) is 16.7 Å². The van der Waals surface area contributed by atoms with E-state index < -0.39 is 0 Å². The summed E-state index contributed by atoms with van der Waals surface area (Å²) in [7, 11) is 0. The molecule has 0 saturated heterocycles. The Morgan fingerprint density at radius 1 is 0.357 bits per heavy atom. The molecule has 0 atom stereocenters. The lowest BCUT2D eigenvalue weighted by Crippen LogP contribution is -2.01. The zero-order valence-electron chi connectivity index (χ0n) is 25.3. The maximum absolute atomic E-state index is 4.97. The molecule has 42 heavy (non-hydrogen) atoms. The molecule has 0 unspecified atom stereocenters. The van der Waals surface area contributed by atoms with Crippen molar-refractivity contribution < 1.29 is 0 Å². The van der Waals surface area contributed by atoms with Gasteiger partial charge >= 0.3 is 0 Å². The molecule has 1 aromatic heterocycles. The minimum Gasteiger partial charge on any atom is -0.208 e. The third-order valence-corrected chi connectivity index (χ3v) is 7.60. The fourth-order valence-corrected chi connectivity index (χ4v) is 4.93. The Bertz CT molecular complexity index is 1760. The van der Waals surface area contributed by atoms with Gasteiger partial charge in [0.15, 0.2) is 17.5 Å². The van der Waals surface area contributed by atoms with Crippen molar-refractivity contribution in [1.29, 1.82) is 0 Å². The molecule has 0 spiro atoms. The Kier molecular flexibility index (Phi) is 8.68. The predicted molar refractivity (Wildman–Crippen MR) is 177 cm³/mol. The third kappa shape index (κ3) is 6.21. The van der Waals surface area contributed by atoms with Crippen LogP contribution in [0.25, 0.3) is 56.4 Å². The Balaban J connectivity index is 0.00000173. The fourth-order valence-electron chi connectivity index (χ4n) is 4.93. The van der Waals surface area contributed by atoms with Crippen molar-refractivity contribution in [3.63, 3.8) is 0 Å². The largest absolute Gasteiger partial charge is 0.208 e. The second-order valence-electron chi connectivity index (χ2n) is 10.4. The summed E-state index contributed by atoms with van der Waals surface area (Å²) >= 11 is 0. The molecule has 0 fully saturated rings. The molecule has 0 N–H and O–H groups in total. The van der Waals surface area contributed by atoms with Crippen molar-refractivity contribution >= 4 is 0 Å². The standard InChI is InChI=1S/C37H31N3.C2H6/c1-24-10-12-29(13-11-24)31-16-20-33(21-17-31)36-38-35(32-18-14-30(15-19-32)28-8-6-5-7-9-28)39-37(40-36)34-22-25(2)27(4)26(3)23-34;1-2/h5-23H,1-4H3;1-2H3. The van der Waals surface area contributed by atoms with Crippen LogP contribution < -0.4 is 0 Å². The number of hydrogen-bond donors (Lipinski definition) is 0. The number of aromatic nitrogens is 3. The van der Waals surface area contributed by atoms with Crippen LogP contribution in [0, 0.1) is 27.7 Å². The van der Waals surface area contributed by atoms with Crippen molar-refractivity contribution in [3.05, 3.63) is 138 Å². The molecule has 6 aromatic rings. The van der Waals surface area contributed by atoms with Gasteiger partial charge in [0.2, 0.25) is 0 Å². The number of benzene rings is 5. The van der Waals surface area contributed by atoms with Gasteiger partial charge in [-0.3, -0.25) is 0 Å². The van der Waals surface area contributed by atoms with Gasteiger partial charge in [-0.15, -0.1) is 0 Å². The van der Waals surface area contributed by atoms with Crippen LogP contribution in [0.3, 0.4) is 0 Å². The van der Waals surface area contributed by atoms with E-state index in [0.717, 1.165) is 22.3 Å². The molecule has 0 aliphatic heterocycles. The summed E-state index contributed by atoms with van der Waals surface area (Å²) in [4.78, 5) is 14.9. The monoisotopic (exact) mass is 547 g/mol. The van der Waals surface area contributed by atoms with Gasteiger partial charge in [0.05, 0.1) is 0 Å². The molecule has 3 nitrogen and oxygen atoms in total. The molecule has 0 bridgehead atoms. The average molecular weight is 548 g/mol. The van der Waals surface area contributed by atoms with Gasteiger partial charge < -0.3 is 0 Å². The second-order valence-corrected chi connectivity index (χ2v) is 10.4. The lowest BCUT2D eigenvalue weighted by molar-refractivity contribution is 1.07. The van der Waals surface area contributed by atoms with Gasteiger partial charge in [-0.25, -0.2) is 15.0 Å². The molecular weight excluding hydrogens is 510 g/mol. The van der Waals surface area contributed by atoms with Crippen LogP contribution in [0.1, 0.15) is 36.1 Å². The van der Waals surface area contributed by atoms with Crippen LogP contribution in [0.15, 0.2) is 115 Å². The molecule has 208 valence electrons. The fraction of sp³-hybridized carbons (Fsp3) is 0.154. The van der Waals surface area contributed by atoms with E-state index in [4.69, 9.17) is 15.0 Å². The first-order valence-electron chi connectivity index (χ1n) is 14.6. The average Bonchev–Trinajstić information content (AvgIpc) is 3.05. The van der Waals surface area contributed by atoms with E-state index in [1.54, 1.807) is 0 Å². The van der Waals surface area contributed by atoms with Crippen molar-refractivity contribution in [2.24, 2.45) is 0 Å². The molecule has 0 saturated carbocycles. The topological polar surface area (TPSA) is 38.7 Å².